The summed E-state index contributed by atoms with van der Waals surface area (Å²) < 4.78 is 68.3. The minimum atomic E-state index is -5.73. The van der Waals surface area contributed by atoms with Gasteiger partial charge in [-0.15, -0.1) is 0 Å². The van der Waals surface area contributed by atoms with E-state index in [-0.39, 0.29) is 16.6 Å². The normalized spacial score (nSPS) is 36.8. The molecule has 0 N–H and O–H groups in total. The average Bonchev–Trinajstić information content (AvgIpc) is 3.62. The van der Waals surface area contributed by atoms with Crippen molar-refractivity contribution in [1.29, 1.82) is 0 Å². The first-order chi connectivity index (χ1) is 19.1. The Morgan fingerprint density at radius 2 is 1.80 bits per heavy atom. The van der Waals surface area contributed by atoms with Gasteiger partial charge in [-0.05, 0) is 103 Å². The van der Waals surface area contributed by atoms with Gasteiger partial charge < -0.3 is 4.18 Å². The quantitative estimate of drug-likeness (QED) is 0.338. The number of hydrogen-bond acceptors (Lipinski definition) is 5. The van der Waals surface area contributed by atoms with Gasteiger partial charge >= 0.3 is 15.6 Å². The fourth-order valence-electron chi connectivity index (χ4n) is 10.3. The van der Waals surface area contributed by atoms with E-state index in [1.54, 1.807) is 6.07 Å². The van der Waals surface area contributed by atoms with Crippen LogP contribution in [-0.4, -0.2) is 55.4 Å². The molecule has 5 fully saturated rings. The molecule has 0 radical (unpaired) electrons. The van der Waals surface area contributed by atoms with Gasteiger partial charge in [-0.1, -0.05) is 36.4 Å². The molecular formula is C31H35F3N2O3S. The van der Waals surface area contributed by atoms with Crippen LogP contribution in [0.3, 0.4) is 0 Å². The molecule has 8 rings (SSSR count). The fraction of sp³-hybridized carbons (Fsp3) is 0.613. The van der Waals surface area contributed by atoms with Gasteiger partial charge in [-0.3, -0.25) is 9.80 Å². The summed E-state index contributed by atoms with van der Waals surface area (Å²) in [6.07, 6.45) is 7.91. The van der Waals surface area contributed by atoms with Crippen molar-refractivity contribution in [2.75, 3.05) is 19.6 Å². The first-order valence-electron chi connectivity index (χ1n) is 14.8. The Morgan fingerprint density at radius 3 is 2.55 bits per heavy atom. The van der Waals surface area contributed by atoms with Crippen LogP contribution < -0.4 is 4.18 Å². The van der Waals surface area contributed by atoms with Crippen LogP contribution in [0.5, 0.6) is 5.75 Å². The number of halogens is 3. The predicted octanol–water partition coefficient (Wildman–Crippen LogP) is 5.49. The molecule has 9 heteroatoms. The monoisotopic (exact) mass is 572 g/mol. The summed E-state index contributed by atoms with van der Waals surface area (Å²) >= 11 is 0. The molecule has 3 saturated carbocycles. The summed E-state index contributed by atoms with van der Waals surface area (Å²) in [4.78, 5) is 5.43. The lowest BCUT2D eigenvalue weighted by Gasteiger charge is -2.66. The maximum absolute atomic E-state index is 13.2. The molecule has 214 valence electrons. The fourth-order valence-corrected chi connectivity index (χ4v) is 10.7. The van der Waals surface area contributed by atoms with Crippen LogP contribution in [0.4, 0.5) is 13.2 Å². The molecule has 2 aliphatic heterocycles. The van der Waals surface area contributed by atoms with E-state index in [0.29, 0.717) is 23.9 Å². The van der Waals surface area contributed by atoms with E-state index < -0.39 is 15.6 Å². The second-order valence-electron chi connectivity index (χ2n) is 13.3. The molecule has 2 aromatic carbocycles. The van der Waals surface area contributed by atoms with Crippen molar-refractivity contribution in [2.45, 2.75) is 74.5 Å². The van der Waals surface area contributed by atoms with Crippen molar-refractivity contribution in [3.05, 3.63) is 65.2 Å². The zero-order chi connectivity index (χ0) is 27.5. The van der Waals surface area contributed by atoms with Gasteiger partial charge in [0.2, 0.25) is 0 Å². The average molecular weight is 573 g/mol. The largest absolute Gasteiger partial charge is 0.534 e. The summed E-state index contributed by atoms with van der Waals surface area (Å²) in [6, 6.07) is 16.4. The maximum Gasteiger partial charge on any atom is 0.534 e. The zero-order valence-corrected chi connectivity index (χ0v) is 23.3. The molecule has 6 aliphatic rings. The number of likely N-dealkylation sites (tertiary alicyclic amines) is 2. The second kappa shape index (κ2) is 8.48. The van der Waals surface area contributed by atoms with Crippen LogP contribution in [0.15, 0.2) is 48.5 Å². The van der Waals surface area contributed by atoms with Crippen LogP contribution in [-0.2, 0) is 28.5 Å². The van der Waals surface area contributed by atoms with Gasteiger partial charge in [-0.25, -0.2) is 0 Å². The zero-order valence-electron chi connectivity index (χ0n) is 22.4. The highest BCUT2D eigenvalue weighted by Gasteiger charge is 2.76. The van der Waals surface area contributed by atoms with E-state index in [9.17, 15) is 21.6 Å². The van der Waals surface area contributed by atoms with Crippen LogP contribution in [0.25, 0.3) is 0 Å². The topological polar surface area (TPSA) is 49.9 Å². The van der Waals surface area contributed by atoms with Gasteiger partial charge in [0.25, 0.3) is 0 Å². The SMILES string of the molecule is O=S(=O)(Oc1ccc2c(c1)C13CCN(CC4CC4)C(C2)C12CCC1C3[C@@H](CN1Cc1ccccc1)C2)C(F)(F)F. The highest BCUT2D eigenvalue weighted by Crippen LogP contribution is 2.75. The smallest absolute Gasteiger partial charge is 0.376 e. The molecule has 4 aliphatic carbocycles. The molecular weight excluding hydrogens is 537 g/mol. The minimum Gasteiger partial charge on any atom is -0.376 e. The molecule has 0 spiro atoms. The first-order valence-corrected chi connectivity index (χ1v) is 16.2. The third-order valence-electron chi connectivity index (χ3n) is 11.6. The van der Waals surface area contributed by atoms with Crippen molar-refractivity contribution < 1.29 is 25.8 Å². The molecule has 2 heterocycles. The van der Waals surface area contributed by atoms with Gasteiger partial charge in [0.1, 0.15) is 5.75 Å². The highest BCUT2D eigenvalue weighted by molar-refractivity contribution is 7.88. The molecule has 40 heavy (non-hydrogen) atoms. The lowest BCUT2D eigenvalue weighted by atomic mass is 9.43. The van der Waals surface area contributed by atoms with Crippen molar-refractivity contribution in [3.8, 4) is 5.75 Å². The van der Waals surface area contributed by atoms with Crippen LogP contribution in [0.1, 0.15) is 55.2 Å². The Kier molecular flexibility index (Phi) is 5.42. The van der Waals surface area contributed by atoms with E-state index in [4.69, 9.17) is 4.18 Å². The van der Waals surface area contributed by atoms with E-state index in [2.05, 4.69) is 34.1 Å². The molecule has 2 aromatic rings. The van der Waals surface area contributed by atoms with E-state index in [1.807, 2.05) is 12.1 Å². The molecule has 5 unspecified atom stereocenters. The summed E-state index contributed by atoms with van der Waals surface area (Å²) in [5.74, 6) is 1.54. The standard InChI is InChI=1S/C31H35F3N2O3S/c32-31(33,34)40(37,38)39-24-9-8-22-14-27-29-11-10-26-28(23(16-29)19-36(26)18-20-4-2-1-3-5-20)30(29,25(22)15-24)12-13-35(27)17-21-6-7-21/h1-5,8-9,15,21,23,26-28H,6-7,10-14,16-19H2/t23-,26?,27?,28?,29?,30?/m1/s1. The lowest BCUT2D eigenvalue weighted by Crippen LogP contribution is -2.69. The van der Waals surface area contributed by atoms with Crippen LogP contribution >= 0.6 is 0 Å². The van der Waals surface area contributed by atoms with Crippen molar-refractivity contribution in [3.63, 3.8) is 0 Å². The molecule has 0 aromatic heterocycles. The summed E-state index contributed by atoms with van der Waals surface area (Å²) in [5.41, 5.74) is -1.98. The molecule has 4 bridgehead atoms. The number of fused-ring (bicyclic) bond motifs is 1. The van der Waals surface area contributed by atoms with Crippen LogP contribution in [0.2, 0.25) is 0 Å². The third kappa shape index (κ3) is 3.49. The number of benzene rings is 2. The number of rotatable bonds is 6. The van der Waals surface area contributed by atoms with E-state index >= 15 is 0 Å². The Balaban J connectivity index is 1.22. The van der Waals surface area contributed by atoms with Crippen LogP contribution in [0, 0.1) is 23.2 Å². The third-order valence-corrected chi connectivity index (χ3v) is 12.6. The Bertz CT molecular complexity index is 1450. The second-order valence-corrected chi connectivity index (χ2v) is 14.9. The van der Waals surface area contributed by atoms with Crippen molar-refractivity contribution >= 4 is 10.1 Å². The summed E-state index contributed by atoms with van der Waals surface area (Å²) in [6.45, 7) is 4.13. The predicted molar refractivity (Wildman–Crippen MR) is 144 cm³/mol. The Labute approximate surface area is 233 Å². The van der Waals surface area contributed by atoms with Crippen molar-refractivity contribution in [1.82, 2.24) is 9.80 Å². The number of nitrogens with zero attached hydrogens (tertiary/aromatic N) is 2. The molecule has 6 atom stereocenters. The number of piperidine rings is 1. The Morgan fingerprint density at radius 1 is 1.00 bits per heavy atom. The van der Waals surface area contributed by atoms with Gasteiger partial charge in [0, 0.05) is 37.1 Å². The first kappa shape index (κ1) is 25.6. The van der Waals surface area contributed by atoms with Gasteiger partial charge in [0.05, 0.1) is 0 Å². The highest BCUT2D eigenvalue weighted by atomic mass is 32.2. The Hall–Kier alpha value is -2.10. The summed E-state index contributed by atoms with van der Waals surface area (Å²) in [5, 5.41) is 0. The maximum atomic E-state index is 13.2. The van der Waals surface area contributed by atoms with E-state index in [0.717, 1.165) is 69.8 Å². The number of hydrogen-bond donors (Lipinski definition) is 0. The summed E-state index contributed by atoms with van der Waals surface area (Å²) in [7, 11) is -5.73. The van der Waals surface area contributed by atoms with Crippen molar-refractivity contribution in [2.24, 2.45) is 23.2 Å². The van der Waals surface area contributed by atoms with Gasteiger partial charge in [0.15, 0.2) is 0 Å². The molecule has 2 saturated heterocycles. The van der Waals surface area contributed by atoms with Gasteiger partial charge in [-0.2, -0.15) is 21.6 Å². The molecule has 5 nitrogen and oxygen atoms in total. The van der Waals surface area contributed by atoms with E-state index in [1.165, 1.54) is 30.0 Å². The number of alkyl halides is 3. The minimum absolute atomic E-state index is 0.0827. The lowest BCUT2D eigenvalue weighted by molar-refractivity contribution is -0.105. The molecule has 0 amide bonds.